The average Bonchev–Trinajstić information content (AvgIpc) is 3.10. The summed E-state index contributed by atoms with van der Waals surface area (Å²) in [4.78, 5) is 38.8. The Balaban J connectivity index is 2.27. The Labute approximate surface area is 149 Å². The lowest BCUT2D eigenvalue weighted by atomic mass is 9.79. The van der Waals surface area contributed by atoms with Crippen molar-refractivity contribution in [2.45, 2.75) is 64.6 Å². The molecule has 2 saturated heterocycles. The maximum Gasteiger partial charge on any atom is 0.311 e. The Morgan fingerprint density at radius 1 is 1.20 bits per heavy atom. The summed E-state index contributed by atoms with van der Waals surface area (Å²) in [6.45, 7) is 6.60. The smallest absolute Gasteiger partial charge is 0.311 e. The quantitative estimate of drug-likeness (QED) is 0.503. The largest absolute Gasteiger partial charge is 0.481 e. The van der Waals surface area contributed by atoms with Crippen LogP contribution in [-0.2, 0) is 19.1 Å². The van der Waals surface area contributed by atoms with Gasteiger partial charge in [-0.1, -0.05) is 27.2 Å². The van der Waals surface area contributed by atoms with Gasteiger partial charge in [0.05, 0.1) is 25.0 Å². The minimum Gasteiger partial charge on any atom is -0.481 e. The number of carboxylic acids is 1. The molecule has 0 aromatic heterocycles. The van der Waals surface area contributed by atoms with Gasteiger partial charge in [-0.2, -0.15) is 0 Å². The summed E-state index contributed by atoms with van der Waals surface area (Å²) >= 11 is 0. The van der Waals surface area contributed by atoms with Gasteiger partial charge in [-0.3, -0.25) is 19.3 Å². The summed E-state index contributed by atoms with van der Waals surface area (Å²) in [7, 11) is 1.29. The second-order valence-electron chi connectivity index (χ2n) is 7.41. The van der Waals surface area contributed by atoms with Crippen LogP contribution in [0.4, 0.5) is 0 Å². The van der Waals surface area contributed by atoms with Crippen molar-refractivity contribution < 1.29 is 24.2 Å². The topological polar surface area (TPSA) is 95.9 Å². The average molecular weight is 354 g/mol. The fourth-order valence-electron chi connectivity index (χ4n) is 4.54. The number of nitrogens with zero attached hydrogens (tertiary/aromatic N) is 1. The van der Waals surface area contributed by atoms with Gasteiger partial charge < -0.3 is 15.2 Å². The molecule has 142 valence electrons. The number of unbranched alkanes of at least 4 members (excludes halogenated alkanes) is 1. The molecule has 0 aliphatic carbocycles. The number of methoxy groups -OCH3 is 1. The molecule has 0 aromatic carbocycles. The zero-order valence-corrected chi connectivity index (χ0v) is 15.5. The molecule has 2 rings (SSSR count). The van der Waals surface area contributed by atoms with E-state index in [1.165, 1.54) is 7.11 Å². The third kappa shape index (κ3) is 3.66. The number of esters is 1. The number of hydrogen-bond acceptors (Lipinski definition) is 5. The van der Waals surface area contributed by atoms with Crippen LogP contribution in [0.2, 0.25) is 0 Å². The number of carbonyl (C=O) groups is 3. The third-order valence-corrected chi connectivity index (χ3v) is 5.55. The SMILES string of the molecule is CCCCNC(=O)C(C(C)C)N1[C@@H]2CC[C@H]1[C@@H](C(=O)O)[C@@H]2C(=O)OC. The standard InChI is InChI=1S/C18H30N2O5/c1-5-6-9-19-16(21)15(10(2)3)20-11-7-8-12(20)14(18(24)25-4)13(11)17(22)23/h10-15H,5-9H2,1-4H3,(H,19,21)(H,22,23)/t11-,12+,13+,14+,15?/m0/s1. The molecule has 1 unspecified atom stereocenters. The second-order valence-corrected chi connectivity index (χ2v) is 7.41. The van der Waals surface area contributed by atoms with E-state index in [4.69, 9.17) is 4.74 Å². The molecule has 7 heteroatoms. The van der Waals surface area contributed by atoms with E-state index in [1.807, 2.05) is 18.7 Å². The highest BCUT2D eigenvalue weighted by Gasteiger charge is 2.61. The molecule has 0 saturated carbocycles. The van der Waals surface area contributed by atoms with Crippen LogP contribution in [0.5, 0.6) is 0 Å². The summed E-state index contributed by atoms with van der Waals surface area (Å²) in [6, 6.07) is -0.968. The summed E-state index contributed by atoms with van der Waals surface area (Å²) in [5.41, 5.74) is 0. The zero-order valence-electron chi connectivity index (χ0n) is 15.5. The Morgan fingerprint density at radius 3 is 2.28 bits per heavy atom. The molecule has 2 aliphatic rings. The van der Waals surface area contributed by atoms with Crippen LogP contribution in [0.1, 0.15) is 46.5 Å². The molecule has 0 spiro atoms. The number of hydrogen-bond donors (Lipinski definition) is 2. The number of carboxylic acid groups (broad SMARTS) is 1. The number of fused-ring (bicyclic) bond motifs is 2. The molecule has 2 N–H and O–H groups in total. The Bertz CT molecular complexity index is 522. The van der Waals surface area contributed by atoms with Crippen LogP contribution in [0.15, 0.2) is 0 Å². The van der Waals surface area contributed by atoms with Crippen LogP contribution < -0.4 is 5.32 Å². The van der Waals surface area contributed by atoms with Crippen molar-refractivity contribution in [2.24, 2.45) is 17.8 Å². The molecule has 0 aromatic rings. The number of nitrogens with one attached hydrogen (secondary N) is 1. The van der Waals surface area contributed by atoms with Crippen LogP contribution in [0.3, 0.4) is 0 Å². The Hall–Kier alpha value is -1.63. The highest BCUT2D eigenvalue weighted by Crippen LogP contribution is 2.48. The highest BCUT2D eigenvalue weighted by atomic mass is 16.5. The fraction of sp³-hybridized carbons (Fsp3) is 0.833. The minimum absolute atomic E-state index is 0.0237. The first kappa shape index (κ1) is 19.7. The molecule has 0 radical (unpaired) electrons. The molecule has 2 aliphatic heterocycles. The lowest BCUT2D eigenvalue weighted by Crippen LogP contribution is -2.53. The predicted octanol–water partition coefficient (Wildman–Crippen LogP) is 1.26. The van der Waals surface area contributed by atoms with Gasteiger partial charge in [0.15, 0.2) is 0 Å². The van der Waals surface area contributed by atoms with E-state index in [0.29, 0.717) is 13.0 Å². The molecule has 7 nitrogen and oxygen atoms in total. The first-order chi connectivity index (χ1) is 11.8. The van der Waals surface area contributed by atoms with Crippen molar-refractivity contribution in [1.29, 1.82) is 0 Å². The number of aliphatic carboxylic acids is 1. The minimum atomic E-state index is -0.985. The normalized spacial score (nSPS) is 29.6. The van der Waals surface area contributed by atoms with Crippen molar-refractivity contribution in [2.75, 3.05) is 13.7 Å². The van der Waals surface area contributed by atoms with Crippen molar-refractivity contribution in [3.05, 3.63) is 0 Å². The molecular weight excluding hydrogens is 324 g/mol. The predicted molar refractivity (Wildman–Crippen MR) is 91.8 cm³/mol. The van der Waals surface area contributed by atoms with Crippen LogP contribution >= 0.6 is 0 Å². The number of rotatable bonds is 8. The van der Waals surface area contributed by atoms with Gasteiger partial charge in [-0.25, -0.2) is 0 Å². The summed E-state index contributed by atoms with van der Waals surface area (Å²) < 4.78 is 4.87. The molecule has 2 heterocycles. The van der Waals surface area contributed by atoms with Gasteiger partial charge in [-0.15, -0.1) is 0 Å². The van der Waals surface area contributed by atoms with Gasteiger partial charge in [0, 0.05) is 18.6 Å². The van der Waals surface area contributed by atoms with Gasteiger partial charge in [0.25, 0.3) is 0 Å². The first-order valence-corrected chi connectivity index (χ1v) is 9.20. The summed E-state index contributed by atoms with van der Waals surface area (Å²) in [5.74, 6) is -3.03. The molecule has 2 fully saturated rings. The van der Waals surface area contributed by atoms with E-state index in [2.05, 4.69) is 12.2 Å². The van der Waals surface area contributed by atoms with E-state index in [1.54, 1.807) is 0 Å². The van der Waals surface area contributed by atoms with E-state index in [0.717, 1.165) is 19.3 Å². The summed E-state index contributed by atoms with van der Waals surface area (Å²) in [5, 5.41) is 12.6. The zero-order chi connectivity index (χ0) is 18.7. The molecule has 1 amide bonds. The number of amides is 1. The first-order valence-electron chi connectivity index (χ1n) is 9.20. The van der Waals surface area contributed by atoms with E-state index >= 15 is 0 Å². The van der Waals surface area contributed by atoms with E-state index in [9.17, 15) is 19.5 Å². The molecule has 2 bridgehead atoms. The Morgan fingerprint density at radius 2 is 1.80 bits per heavy atom. The molecular formula is C18H30N2O5. The lowest BCUT2D eigenvalue weighted by molar-refractivity contribution is -0.156. The number of ether oxygens (including phenoxy) is 1. The van der Waals surface area contributed by atoms with Crippen LogP contribution in [0.25, 0.3) is 0 Å². The second kappa shape index (κ2) is 8.17. The maximum absolute atomic E-state index is 12.8. The number of carbonyl (C=O) groups excluding carboxylic acids is 2. The summed E-state index contributed by atoms with van der Waals surface area (Å²) in [6.07, 6.45) is 3.32. The van der Waals surface area contributed by atoms with Gasteiger partial charge >= 0.3 is 11.9 Å². The fourth-order valence-corrected chi connectivity index (χ4v) is 4.54. The monoisotopic (exact) mass is 354 g/mol. The molecule has 5 atom stereocenters. The van der Waals surface area contributed by atoms with Crippen molar-refractivity contribution >= 4 is 17.8 Å². The maximum atomic E-state index is 12.8. The third-order valence-electron chi connectivity index (χ3n) is 5.55. The Kier molecular flexibility index (Phi) is 6.43. The van der Waals surface area contributed by atoms with Crippen LogP contribution in [0, 0.1) is 17.8 Å². The van der Waals surface area contributed by atoms with Crippen molar-refractivity contribution in [3.63, 3.8) is 0 Å². The van der Waals surface area contributed by atoms with E-state index in [-0.39, 0.29) is 23.9 Å². The van der Waals surface area contributed by atoms with Crippen LogP contribution in [-0.4, -0.2) is 59.6 Å². The lowest BCUT2D eigenvalue weighted by Gasteiger charge is -2.34. The van der Waals surface area contributed by atoms with Crippen molar-refractivity contribution in [3.8, 4) is 0 Å². The van der Waals surface area contributed by atoms with Gasteiger partial charge in [-0.05, 0) is 25.2 Å². The van der Waals surface area contributed by atoms with Gasteiger partial charge in [0.1, 0.15) is 0 Å². The highest BCUT2D eigenvalue weighted by molar-refractivity contribution is 5.86. The van der Waals surface area contributed by atoms with Gasteiger partial charge in [0.2, 0.25) is 5.91 Å². The molecule has 25 heavy (non-hydrogen) atoms. The van der Waals surface area contributed by atoms with Crippen molar-refractivity contribution in [1.82, 2.24) is 10.2 Å². The van der Waals surface area contributed by atoms with E-state index < -0.39 is 29.8 Å².